The Labute approximate surface area is 138 Å². The number of hydrogen-bond acceptors (Lipinski definition) is 3. The number of aromatic nitrogens is 3. The third-order valence-electron chi connectivity index (χ3n) is 5.79. The summed E-state index contributed by atoms with van der Waals surface area (Å²) in [7, 11) is 0. The van der Waals surface area contributed by atoms with Gasteiger partial charge in [-0.1, -0.05) is 6.42 Å². The van der Waals surface area contributed by atoms with Gasteiger partial charge in [-0.05, 0) is 44.4 Å². The van der Waals surface area contributed by atoms with Crippen LogP contribution in [0.25, 0.3) is 0 Å². The van der Waals surface area contributed by atoms with Crippen molar-refractivity contribution < 1.29 is 0 Å². The number of nitrogens with one attached hydrogen (secondary N) is 1. The molecule has 0 bridgehead atoms. The number of guanidine groups is 1. The van der Waals surface area contributed by atoms with Crippen LogP contribution >= 0.6 is 0 Å². The Morgan fingerprint density at radius 1 is 1.17 bits per heavy atom. The molecule has 6 heteroatoms. The maximum Gasteiger partial charge on any atom is 0.194 e. The van der Waals surface area contributed by atoms with E-state index in [1.165, 1.54) is 45.1 Å². The van der Waals surface area contributed by atoms with Crippen LogP contribution in [0, 0.1) is 5.41 Å². The van der Waals surface area contributed by atoms with Gasteiger partial charge in [0.05, 0.1) is 0 Å². The molecule has 1 saturated carbocycles. The summed E-state index contributed by atoms with van der Waals surface area (Å²) in [4.78, 5) is 7.33. The van der Waals surface area contributed by atoms with Crippen LogP contribution in [0.5, 0.6) is 0 Å². The summed E-state index contributed by atoms with van der Waals surface area (Å²) < 4.78 is 2.27. The van der Waals surface area contributed by atoms with E-state index in [1.807, 2.05) is 0 Å². The molecule has 0 atom stereocenters. The van der Waals surface area contributed by atoms with Crippen LogP contribution < -0.4 is 5.32 Å². The van der Waals surface area contributed by atoms with E-state index in [-0.39, 0.29) is 0 Å². The van der Waals surface area contributed by atoms with Crippen LogP contribution in [-0.4, -0.2) is 45.3 Å². The zero-order valence-corrected chi connectivity index (χ0v) is 14.2. The molecule has 1 aromatic rings. The highest BCUT2D eigenvalue weighted by Gasteiger charge is 2.43. The Morgan fingerprint density at radius 2 is 2.09 bits per heavy atom. The van der Waals surface area contributed by atoms with Gasteiger partial charge in [0.2, 0.25) is 0 Å². The monoisotopic (exact) mass is 316 g/mol. The number of hydrogen-bond donors (Lipinski definition) is 1. The van der Waals surface area contributed by atoms with Gasteiger partial charge in [-0.15, -0.1) is 10.2 Å². The molecule has 1 aliphatic carbocycles. The number of likely N-dealkylation sites (tertiary alicyclic amines) is 1. The Balaban J connectivity index is 1.47. The molecule has 2 aliphatic heterocycles. The first-order valence-corrected chi connectivity index (χ1v) is 9.24. The predicted octanol–water partition coefficient (Wildman–Crippen LogP) is 1.96. The van der Waals surface area contributed by atoms with Gasteiger partial charge in [0, 0.05) is 32.6 Å². The van der Waals surface area contributed by atoms with Gasteiger partial charge in [-0.25, -0.2) is 4.99 Å². The Bertz CT molecular complexity index is 586. The molecule has 6 nitrogen and oxygen atoms in total. The normalized spacial score (nSPS) is 23.0. The van der Waals surface area contributed by atoms with Gasteiger partial charge in [0.15, 0.2) is 11.8 Å². The van der Waals surface area contributed by atoms with Crippen LogP contribution in [0.15, 0.2) is 4.99 Å². The second kappa shape index (κ2) is 6.13. The molecule has 3 aliphatic rings. The third-order valence-corrected chi connectivity index (χ3v) is 5.79. The van der Waals surface area contributed by atoms with Crippen molar-refractivity contribution in [2.24, 2.45) is 10.4 Å². The Hall–Kier alpha value is -1.59. The van der Waals surface area contributed by atoms with Crippen molar-refractivity contribution in [1.82, 2.24) is 25.0 Å². The van der Waals surface area contributed by atoms with E-state index in [4.69, 9.17) is 4.99 Å². The van der Waals surface area contributed by atoms with E-state index in [9.17, 15) is 0 Å². The van der Waals surface area contributed by atoms with Gasteiger partial charge < -0.3 is 14.8 Å². The zero-order valence-electron chi connectivity index (χ0n) is 14.2. The summed E-state index contributed by atoms with van der Waals surface area (Å²) >= 11 is 0. The summed E-state index contributed by atoms with van der Waals surface area (Å²) in [5.41, 5.74) is 0.601. The number of rotatable bonds is 3. The lowest BCUT2D eigenvalue weighted by Gasteiger charge is -2.38. The van der Waals surface area contributed by atoms with Crippen LogP contribution in [-0.2, 0) is 19.5 Å². The van der Waals surface area contributed by atoms with Gasteiger partial charge >= 0.3 is 0 Å². The van der Waals surface area contributed by atoms with Crippen molar-refractivity contribution in [3.63, 3.8) is 0 Å². The van der Waals surface area contributed by atoms with E-state index in [0.717, 1.165) is 43.7 Å². The maximum atomic E-state index is 4.88. The largest absolute Gasteiger partial charge is 0.357 e. The van der Waals surface area contributed by atoms with Crippen molar-refractivity contribution in [2.45, 2.75) is 65.0 Å². The van der Waals surface area contributed by atoms with Crippen molar-refractivity contribution in [1.29, 1.82) is 0 Å². The summed E-state index contributed by atoms with van der Waals surface area (Å²) in [6, 6.07) is 0. The summed E-state index contributed by atoms with van der Waals surface area (Å²) in [5, 5.41) is 12.2. The molecule has 0 amide bonds. The lowest BCUT2D eigenvalue weighted by molar-refractivity contribution is 0.151. The second-order valence-electron chi connectivity index (χ2n) is 7.34. The molecular weight excluding hydrogens is 288 g/mol. The topological polar surface area (TPSA) is 58.3 Å². The molecule has 4 rings (SSSR count). The van der Waals surface area contributed by atoms with Gasteiger partial charge in [0.1, 0.15) is 12.4 Å². The second-order valence-corrected chi connectivity index (χ2v) is 7.34. The van der Waals surface area contributed by atoms with E-state index in [0.29, 0.717) is 12.0 Å². The maximum absolute atomic E-state index is 4.88. The third kappa shape index (κ3) is 2.83. The minimum absolute atomic E-state index is 0.601. The molecule has 1 N–H and O–H groups in total. The SMILES string of the molecule is CCNC(=NCc1nnc2n1CCCC2)N1CCC2(CCC2)C1. The van der Waals surface area contributed by atoms with Gasteiger partial charge in [0.25, 0.3) is 0 Å². The summed E-state index contributed by atoms with van der Waals surface area (Å²) in [6.07, 6.45) is 9.08. The smallest absolute Gasteiger partial charge is 0.194 e. The molecular formula is C17H28N6. The highest BCUT2D eigenvalue weighted by Crippen LogP contribution is 2.47. The van der Waals surface area contributed by atoms with E-state index < -0.39 is 0 Å². The van der Waals surface area contributed by atoms with Crippen LogP contribution in [0.3, 0.4) is 0 Å². The van der Waals surface area contributed by atoms with E-state index >= 15 is 0 Å². The molecule has 126 valence electrons. The lowest BCUT2D eigenvalue weighted by atomic mass is 9.68. The quantitative estimate of drug-likeness (QED) is 0.684. The fourth-order valence-electron chi connectivity index (χ4n) is 4.26. The lowest BCUT2D eigenvalue weighted by Crippen LogP contribution is -2.42. The van der Waals surface area contributed by atoms with Crippen molar-refractivity contribution in [3.05, 3.63) is 11.6 Å². The first kappa shape index (κ1) is 15.0. The van der Waals surface area contributed by atoms with Crippen molar-refractivity contribution in [2.75, 3.05) is 19.6 Å². The first-order chi connectivity index (χ1) is 11.3. The number of fused-ring (bicyclic) bond motifs is 1. The van der Waals surface area contributed by atoms with Crippen molar-refractivity contribution in [3.8, 4) is 0 Å². The first-order valence-electron chi connectivity index (χ1n) is 9.24. The van der Waals surface area contributed by atoms with Gasteiger partial charge in [-0.2, -0.15) is 0 Å². The zero-order chi connectivity index (χ0) is 15.7. The molecule has 23 heavy (non-hydrogen) atoms. The fourth-order valence-corrected chi connectivity index (χ4v) is 4.26. The minimum Gasteiger partial charge on any atom is -0.357 e. The van der Waals surface area contributed by atoms with Crippen LogP contribution in [0.1, 0.15) is 57.1 Å². The Kier molecular flexibility index (Phi) is 3.99. The fraction of sp³-hybridized carbons (Fsp3) is 0.824. The molecule has 1 aromatic heterocycles. The predicted molar refractivity (Wildman–Crippen MR) is 90.2 cm³/mol. The van der Waals surface area contributed by atoms with Crippen molar-refractivity contribution >= 4 is 5.96 Å². The molecule has 2 fully saturated rings. The van der Waals surface area contributed by atoms with Crippen LogP contribution in [0.2, 0.25) is 0 Å². The Morgan fingerprint density at radius 3 is 2.83 bits per heavy atom. The standard InChI is InChI=1S/C17H28N6/c1-2-18-16(22-11-9-17(13-22)7-5-8-17)19-12-15-21-20-14-6-3-4-10-23(14)15/h2-13H2,1H3,(H,18,19). The molecule has 0 radical (unpaired) electrons. The molecule has 0 unspecified atom stereocenters. The number of aliphatic imine (C=N–C) groups is 1. The average Bonchev–Trinajstić information content (AvgIpc) is 3.16. The van der Waals surface area contributed by atoms with E-state index in [1.54, 1.807) is 0 Å². The number of nitrogens with zero attached hydrogens (tertiary/aromatic N) is 5. The summed E-state index contributed by atoms with van der Waals surface area (Å²) in [6.45, 7) is 7.07. The number of aryl methyl sites for hydroxylation is 1. The average molecular weight is 316 g/mol. The molecule has 1 saturated heterocycles. The van der Waals surface area contributed by atoms with Crippen LogP contribution in [0.4, 0.5) is 0 Å². The highest BCUT2D eigenvalue weighted by molar-refractivity contribution is 5.80. The molecule has 0 aromatic carbocycles. The molecule has 1 spiro atoms. The molecule has 3 heterocycles. The van der Waals surface area contributed by atoms with Gasteiger partial charge in [-0.3, -0.25) is 0 Å². The summed E-state index contributed by atoms with van der Waals surface area (Å²) in [5.74, 6) is 3.22. The van der Waals surface area contributed by atoms with E-state index in [2.05, 4.69) is 31.9 Å². The minimum atomic E-state index is 0.601. The highest BCUT2D eigenvalue weighted by atomic mass is 15.3.